The third kappa shape index (κ3) is 10.9. The standard InChI is InChI=1S/C38H58N2O11SSi/c1-26(2)22-40(52(43,44)29-14-15-33-34(21-29)49-25-48-33)23-32(41)31(39-37(42)51-35-24-47-36-30(35)16-19-46-36)20-27-10-12-28(13-11-27)45-17-8-9-18-50-53(6,7)38(3,4)5/h10-15,21,26,30-32,35-36,41H,8-9,16-20,22-25H2,1-7H3,(H,39,42)/t30-,31-,32-,35-,36+/m0/s1. The number of ether oxygens (including phenoxy) is 6. The monoisotopic (exact) mass is 778 g/mol. The van der Waals surface area contributed by atoms with E-state index in [1.807, 2.05) is 38.1 Å². The van der Waals surface area contributed by atoms with Crippen molar-refractivity contribution in [3.8, 4) is 17.2 Å². The molecule has 0 unspecified atom stereocenters. The third-order valence-corrected chi connectivity index (χ3v) is 16.8. The molecule has 3 aliphatic rings. The lowest BCUT2D eigenvalue weighted by Gasteiger charge is -2.36. The topological polar surface area (TPSA) is 151 Å². The van der Waals surface area contributed by atoms with E-state index in [1.54, 1.807) is 6.07 Å². The number of amides is 1. The van der Waals surface area contributed by atoms with E-state index in [0.717, 1.165) is 24.8 Å². The molecule has 13 nitrogen and oxygen atoms in total. The molecule has 0 aromatic heterocycles. The van der Waals surface area contributed by atoms with E-state index in [0.29, 0.717) is 37.1 Å². The lowest BCUT2D eigenvalue weighted by Crippen LogP contribution is -2.51. The fourth-order valence-electron chi connectivity index (χ4n) is 6.27. The summed E-state index contributed by atoms with van der Waals surface area (Å²) >= 11 is 0. The van der Waals surface area contributed by atoms with Crippen molar-refractivity contribution in [2.45, 2.75) is 108 Å². The number of aliphatic hydroxyl groups is 1. The molecule has 3 aliphatic heterocycles. The molecule has 2 saturated heterocycles. The van der Waals surface area contributed by atoms with Gasteiger partial charge >= 0.3 is 6.09 Å². The van der Waals surface area contributed by atoms with Crippen LogP contribution in [0.1, 0.15) is 59.4 Å². The van der Waals surface area contributed by atoms with Crippen LogP contribution in [0.4, 0.5) is 4.79 Å². The van der Waals surface area contributed by atoms with E-state index in [-0.39, 0.29) is 54.7 Å². The van der Waals surface area contributed by atoms with Crippen LogP contribution in [-0.4, -0.2) is 103 Å². The number of unbranched alkanes of at least 4 members (excludes halogenated alkanes) is 1. The Balaban J connectivity index is 1.24. The number of benzene rings is 2. The van der Waals surface area contributed by atoms with Crippen LogP contribution in [0, 0.1) is 11.8 Å². The molecule has 0 saturated carbocycles. The molecule has 0 aliphatic carbocycles. The Morgan fingerprint density at radius 1 is 1.02 bits per heavy atom. The van der Waals surface area contributed by atoms with Crippen molar-refractivity contribution >= 4 is 24.4 Å². The van der Waals surface area contributed by atoms with Gasteiger partial charge in [0.2, 0.25) is 16.8 Å². The summed E-state index contributed by atoms with van der Waals surface area (Å²) in [5.74, 6) is 1.40. The fourth-order valence-corrected chi connectivity index (χ4v) is 8.99. The zero-order valence-corrected chi connectivity index (χ0v) is 34.0. The minimum absolute atomic E-state index is 0.0122. The van der Waals surface area contributed by atoms with Crippen molar-refractivity contribution in [2.24, 2.45) is 11.8 Å². The summed E-state index contributed by atoms with van der Waals surface area (Å²) < 4.78 is 69.2. The summed E-state index contributed by atoms with van der Waals surface area (Å²) in [6.45, 7) is 16.9. The number of rotatable bonds is 18. The zero-order chi connectivity index (χ0) is 38.4. The molecular formula is C38H58N2O11SSi. The van der Waals surface area contributed by atoms with Crippen molar-refractivity contribution in [1.82, 2.24) is 9.62 Å². The Hall–Kier alpha value is -2.92. The van der Waals surface area contributed by atoms with E-state index in [4.69, 9.17) is 32.8 Å². The fraction of sp³-hybridized carbons (Fsp3) is 0.658. The SMILES string of the molecule is CC(C)CN(C[C@H](O)[C@H](Cc1ccc(OCCCCO[Si](C)(C)C(C)(C)C)cc1)NC(=O)O[C@H]1CO[C@H]2OCC[C@H]21)S(=O)(=O)c1ccc2c(c1)OCO2. The van der Waals surface area contributed by atoms with Gasteiger partial charge in [0.15, 0.2) is 26.1 Å². The van der Waals surface area contributed by atoms with Gasteiger partial charge in [-0.3, -0.25) is 0 Å². The quantitative estimate of drug-likeness (QED) is 0.142. The number of nitrogens with one attached hydrogen (secondary N) is 1. The second kappa shape index (κ2) is 17.7. The van der Waals surface area contributed by atoms with Crippen LogP contribution in [0.15, 0.2) is 47.4 Å². The Bertz CT molecular complexity index is 1620. The van der Waals surface area contributed by atoms with Crippen LogP contribution in [0.5, 0.6) is 17.2 Å². The van der Waals surface area contributed by atoms with Gasteiger partial charge in [0.1, 0.15) is 11.9 Å². The van der Waals surface area contributed by atoms with Crippen molar-refractivity contribution in [1.29, 1.82) is 0 Å². The number of nitrogens with zero attached hydrogens (tertiary/aromatic N) is 1. The van der Waals surface area contributed by atoms with E-state index in [2.05, 4.69) is 39.2 Å². The van der Waals surface area contributed by atoms with Gasteiger partial charge in [-0.15, -0.1) is 0 Å². The Morgan fingerprint density at radius 3 is 2.45 bits per heavy atom. The number of hydrogen-bond acceptors (Lipinski definition) is 11. The van der Waals surface area contributed by atoms with Crippen molar-refractivity contribution < 1.29 is 51.2 Å². The molecule has 2 aromatic rings. The number of aliphatic hydroxyl groups excluding tert-OH is 1. The summed E-state index contributed by atoms with van der Waals surface area (Å²) in [5.41, 5.74) is 0.812. The molecule has 2 fully saturated rings. The largest absolute Gasteiger partial charge is 0.494 e. The lowest BCUT2D eigenvalue weighted by atomic mass is 10.0. The van der Waals surface area contributed by atoms with Crippen molar-refractivity contribution in [2.75, 3.05) is 46.3 Å². The van der Waals surface area contributed by atoms with Gasteiger partial charge in [0, 0.05) is 25.8 Å². The highest BCUT2D eigenvalue weighted by atomic mass is 32.2. The average Bonchev–Trinajstić information content (AvgIpc) is 3.84. The molecule has 0 bridgehead atoms. The Kier molecular flexibility index (Phi) is 13.8. The maximum atomic E-state index is 14.0. The zero-order valence-electron chi connectivity index (χ0n) is 32.2. The highest BCUT2D eigenvalue weighted by Gasteiger charge is 2.44. The first-order chi connectivity index (χ1) is 25.0. The minimum Gasteiger partial charge on any atom is -0.494 e. The smallest absolute Gasteiger partial charge is 0.407 e. The van der Waals surface area contributed by atoms with Crippen LogP contribution < -0.4 is 19.5 Å². The number of sulfonamides is 1. The first-order valence-corrected chi connectivity index (χ1v) is 23.0. The van der Waals surface area contributed by atoms with Crippen molar-refractivity contribution in [3.05, 3.63) is 48.0 Å². The van der Waals surface area contributed by atoms with Gasteiger partial charge in [0.05, 0.1) is 42.8 Å². The normalized spacial score (nSPS) is 21.1. The second-order valence-corrected chi connectivity index (χ2v) is 22.8. The predicted molar refractivity (Wildman–Crippen MR) is 201 cm³/mol. The van der Waals surface area contributed by atoms with Gasteiger partial charge in [-0.05, 0) is 79.6 Å². The molecule has 296 valence electrons. The van der Waals surface area contributed by atoms with E-state index >= 15 is 0 Å². The maximum absolute atomic E-state index is 14.0. The number of hydrogen-bond donors (Lipinski definition) is 2. The van der Waals surface area contributed by atoms with E-state index in [9.17, 15) is 18.3 Å². The van der Waals surface area contributed by atoms with E-state index < -0.39 is 49.0 Å². The van der Waals surface area contributed by atoms with Crippen LogP contribution in [0.25, 0.3) is 0 Å². The molecular weight excluding hydrogens is 721 g/mol. The first-order valence-electron chi connectivity index (χ1n) is 18.7. The van der Waals surface area contributed by atoms with E-state index in [1.165, 1.54) is 16.4 Å². The molecule has 0 radical (unpaired) electrons. The number of carbonyl (C=O) groups excluding carboxylic acids is 1. The van der Waals surface area contributed by atoms with Crippen LogP contribution in [-0.2, 0) is 35.1 Å². The number of carbonyl (C=O) groups is 1. The Labute approximate surface area is 315 Å². The maximum Gasteiger partial charge on any atom is 0.407 e. The van der Waals surface area contributed by atoms with Gasteiger partial charge < -0.3 is 43.3 Å². The highest BCUT2D eigenvalue weighted by Crippen LogP contribution is 2.37. The van der Waals surface area contributed by atoms with Crippen molar-refractivity contribution in [3.63, 3.8) is 0 Å². The molecule has 5 rings (SSSR count). The molecule has 3 heterocycles. The van der Waals surface area contributed by atoms with Gasteiger partial charge in [0.25, 0.3) is 0 Å². The predicted octanol–water partition coefficient (Wildman–Crippen LogP) is 5.70. The molecule has 2 N–H and O–H groups in total. The summed E-state index contributed by atoms with van der Waals surface area (Å²) in [5, 5.41) is 14.7. The van der Waals surface area contributed by atoms with Crippen LogP contribution in [0.3, 0.4) is 0 Å². The average molecular weight is 779 g/mol. The highest BCUT2D eigenvalue weighted by molar-refractivity contribution is 7.89. The number of fused-ring (bicyclic) bond motifs is 2. The summed E-state index contributed by atoms with van der Waals surface area (Å²) in [6, 6.07) is 11.0. The number of alkyl carbamates (subject to hydrolysis) is 1. The summed E-state index contributed by atoms with van der Waals surface area (Å²) in [6.07, 6.45) is -0.203. The van der Waals surface area contributed by atoms with Crippen LogP contribution in [0.2, 0.25) is 18.1 Å². The second-order valence-electron chi connectivity index (χ2n) is 16.0. The molecule has 5 atom stereocenters. The Morgan fingerprint density at radius 2 is 1.74 bits per heavy atom. The first kappa shape index (κ1) is 41.2. The lowest BCUT2D eigenvalue weighted by molar-refractivity contribution is -0.0907. The van der Waals surface area contributed by atoms with Gasteiger partial charge in [-0.25, -0.2) is 13.2 Å². The van der Waals surface area contributed by atoms with Gasteiger partial charge in [-0.1, -0.05) is 46.8 Å². The summed E-state index contributed by atoms with van der Waals surface area (Å²) in [4.78, 5) is 13.3. The summed E-state index contributed by atoms with van der Waals surface area (Å²) in [7, 11) is -5.84. The van der Waals surface area contributed by atoms with Crippen LogP contribution >= 0.6 is 0 Å². The molecule has 0 spiro atoms. The molecule has 15 heteroatoms. The van der Waals surface area contributed by atoms with Gasteiger partial charge in [-0.2, -0.15) is 4.31 Å². The molecule has 1 amide bonds. The molecule has 2 aromatic carbocycles. The minimum atomic E-state index is -4.07. The third-order valence-electron chi connectivity index (χ3n) is 10.4. The molecule has 53 heavy (non-hydrogen) atoms.